The Balaban J connectivity index is 0.000000236. The van der Waals surface area contributed by atoms with Gasteiger partial charge < -0.3 is 39.1 Å². The lowest BCUT2D eigenvalue weighted by atomic mass is 9.84. The van der Waals surface area contributed by atoms with Gasteiger partial charge in [0.05, 0.1) is 25.4 Å². The van der Waals surface area contributed by atoms with E-state index in [-0.39, 0.29) is 41.7 Å². The largest absolute Gasteiger partial charge is 0.382 e. The fourth-order valence-corrected chi connectivity index (χ4v) is 6.06. The van der Waals surface area contributed by atoms with Crippen molar-refractivity contribution in [3.8, 4) is 0 Å². The molecule has 2 saturated heterocycles. The van der Waals surface area contributed by atoms with Crippen molar-refractivity contribution < 1.29 is 28.4 Å². The lowest BCUT2D eigenvalue weighted by Gasteiger charge is -2.31. The van der Waals surface area contributed by atoms with Gasteiger partial charge in [0.15, 0.2) is 0 Å². The first-order valence-electron chi connectivity index (χ1n) is 14.3. The molecule has 242 valence electrons. The summed E-state index contributed by atoms with van der Waals surface area (Å²) >= 11 is 0. The van der Waals surface area contributed by atoms with Crippen LogP contribution in [0.1, 0.15) is 44.4 Å². The van der Waals surface area contributed by atoms with E-state index >= 15 is 0 Å². The van der Waals surface area contributed by atoms with Crippen LogP contribution in [-0.4, -0.2) is 99.3 Å². The summed E-state index contributed by atoms with van der Waals surface area (Å²) in [5, 5.41) is 5.82. The van der Waals surface area contributed by atoms with E-state index < -0.39 is 17.9 Å². The third-order valence-electron chi connectivity index (χ3n) is 8.12. The zero-order valence-corrected chi connectivity index (χ0v) is 27.2. The molecule has 2 fully saturated rings. The van der Waals surface area contributed by atoms with E-state index in [9.17, 15) is 9.59 Å². The number of anilines is 2. The van der Waals surface area contributed by atoms with Gasteiger partial charge in [-0.3, -0.25) is 9.13 Å². The number of ether oxygens (including phenoxy) is 6. The number of aromatic nitrogens is 4. The number of rotatable bonds is 10. The van der Waals surface area contributed by atoms with E-state index in [4.69, 9.17) is 28.4 Å². The molecule has 7 unspecified atom stereocenters. The van der Waals surface area contributed by atoms with Crippen molar-refractivity contribution in [2.24, 2.45) is 11.3 Å². The number of hydrogen-bond donors (Lipinski definition) is 2. The van der Waals surface area contributed by atoms with Gasteiger partial charge in [-0.05, 0) is 13.8 Å². The summed E-state index contributed by atoms with van der Waals surface area (Å²) in [6.07, 6.45) is 1.96. The van der Waals surface area contributed by atoms with E-state index in [2.05, 4.69) is 20.6 Å². The molecule has 2 aromatic rings. The Hall–Kier alpha value is -2.88. The van der Waals surface area contributed by atoms with Crippen LogP contribution in [0, 0.1) is 25.2 Å². The molecule has 2 aliphatic heterocycles. The summed E-state index contributed by atoms with van der Waals surface area (Å²) in [5.41, 5.74) is 0.690. The Kier molecular flexibility index (Phi) is 11.9. The average molecular weight is 609 g/mol. The molecule has 0 amide bonds. The molecule has 0 spiro atoms. The van der Waals surface area contributed by atoms with Crippen LogP contribution in [0.4, 0.5) is 11.6 Å². The minimum absolute atomic E-state index is 0.0227. The van der Waals surface area contributed by atoms with Gasteiger partial charge in [0.2, 0.25) is 0 Å². The highest BCUT2D eigenvalue weighted by molar-refractivity contribution is 5.41. The highest BCUT2D eigenvalue weighted by Gasteiger charge is 2.52. The number of methoxy groups -OCH3 is 4. The van der Waals surface area contributed by atoms with Crippen LogP contribution < -0.4 is 22.0 Å². The zero-order chi connectivity index (χ0) is 32.1. The molecule has 2 aromatic heterocycles. The predicted molar refractivity (Wildman–Crippen MR) is 162 cm³/mol. The molecule has 2 aliphatic rings. The molecule has 14 nitrogen and oxygen atoms in total. The van der Waals surface area contributed by atoms with E-state index in [1.54, 1.807) is 54.9 Å². The Morgan fingerprint density at radius 1 is 0.837 bits per heavy atom. The third-order valence-corrected chi connectivity index (χ3v) is 8.12. The Bertz CT molecular complexity index is 1330. The SMILES string of the molecule is CNc1nc(=O)n(C2OC(COC)C(OC)C2(C)C)cc1C.CNc1nc(=O)n(C2OC(COC)C(OC)C2C)cc1C. The molecule has 0 bridgehead atoms. The van der Waals surface area contributed by atoms with Crippen LogP contribution in [0.25, 0.3) is 0 Å². The molecule has 2 N–H and O–H groups in total. The minimum atomic E-state index is -0.456. The molecule has 7 atom stereocenters. The van der Waals surface area contributed by atoms with Crippen molar-refractivity contribution >= 4 is 11.6 Å². The minimum Gasteiger partial charge on any atom is -0.382 e. The van der Waals surface area contributed by atoms with E-state index in [0.717, 1.165) is 11.1 Å². The van der Waals surface area contributed by atoms with E-state index in [0.29, 0.717) is 24.8 Å². The summed E-state index contributed by atoms with van der Waals surface area (Å²) in [7, 11) is 10.0. The summed E-state index contributed by atoms with van der Waals surface area (Å²) in [4.78, 5) is 32.7. The molecule has 0 saturated carbocycles. The molecule has 4 heterocycles. The van der Waals surface area contributed by atoms with Crippen molar-refractivity contribution in [3.63, 3.8) is 0 Å². The first-order chi connectivity index (χ1) is 20.4. The van der Waals surface area contributed by atoms with Gasteiger partial charge in [0.1, 0.15) is 36.3 Å². The second kappa shape index (κ2) is 14.7. The summed E-state index contributed by atoms with van der Waals surface area (Å²) < 4.78 is 36.6. The van der Waals surface area contributed by atoms with Crippen molar-refractivity contribution in [3.05, 3.63) is 44.5 Å². The number of nitrogens with one attached hydrogen (secondary N) is 2. The molecule has 43 heavy (non-hydrogen) atoms. The van der Waals surface area contributed by atoms with Crippen LogP contribution in [0.5, 0.6) is 0 Å². The maximum absolute atomic E-state index is 12.3. The van der Waals surface area contributed by atoms with E-state index in [1.165, 1.54) is 9.13 Å². The maximum Gasteiger partial charge on any atom is 0.351 e. The summed E-state index contributed by atoms with van der Waals surface area (Å²) in [6, 6.07) is 0. The highest BCUT2D eigenvalue weighted by atomic mass is 16.6. The van der Waals surface area contributed by atoms with Crippen LogP contribution in [0.3, 0.4) is 0 Å². The van der Waals surface area contributed by atoms with Crippen LogP contribution >= 0.6 is 0 Å². The van der Waals surface area contributed by atoms with Gasteiger partial charge in [-0.25, -0.2) is 9.59 Å². The Morgan fingerprint density at radius 3 is 1.84 bits per heavy atom. The fourth-order valence-electron chi connectivity index (χ4n) is 6.06. The molecule has 0 radical (unpaired) electrons. The molecule has 0 aromatic carbocycles. The molecular weight excluding hydrogens is 560 g/mol. The monoisotopic (exact) mass is 608 g/mol. The smallest absolute Gasteiger partial charge is 0.351 e. The molecular formula is C29H48N6O8. The third kappa shape index (κ3) is 7.10. The van der Waals surface area contributed by atoms with Crippen molar-refractivity contribution in [2.75, 3.05) is 66.4 Å². The molecule has 0 aliphatic carbocycles. The topological polar surface area (TPSA) is 149 Å². The first kappa shape index (κ1) is 34.6. The van der Waals surface area contributed by atoms with Crippen LogP contribution in [0.2, 0.25) is 0 Å². The van der Waals surface area contributed by atoms with Gasteiger partial charge in [-0.1, -0.05) is 20.8 Å². The predicted octanol–water partition coefficient (Wildman–Crippen LogP) is 1.97. The number of aryl methyl sites for hydroxylation is 2. The van der Waals surface area contributed by atoms with Gasteiger partial charge >= 0.3 is 11.4 Å². The molecule has 4 rings (SSSR count). The highest BCUT2D eigenvalue weighted by Crippen LogP contribution is 2.46. The second-order valence-corrected chi connectivity index (χ2v) is 11.5. The number of hydrogen-bond acceptors (Lipinski definition) is 12. The van der Waals surface area contributed by atoms with Gasteiger partial charge in [-0.2, -0.15) is 9.97 Å². The van der Waals surface area contributed by atoms with Crippen molar-refractivity contribution in [2.45, 2.75) is 71.5 Å². The lowest BCUT2D eigenvalue weighted by Crippen LogP contribution is -2.40. The standard InChI is InChI=1S/C15H25N3O4.C14H23N3O4/c1-9-7-18(14(19)17-12(9)16-4)13-15(2,3)11(21-6)10(22-13)8-20-5;1-8-6-17(14(18)16-12(8)15-3)13-9(2)11(20-5)10(21-13)7-19-4/h7,10-11,13H,8H2,1-6H3,(H,16,17,19);6,9-11,13H,7H2,1-5H3,(H,15,16,18). The summed E-state index contributed by atoms with van der Waals surface area (Å²) in [6.45, 7) is 10.7. The van der Waals surface area contributed by atoms with Crippen LogP contribution in [0.15, 0.2) is 22.0 Å². The number of nitrogens with zero attached hydrogens (tertiary/aromatic N) is 4. The van der Waals surface area contributed by atoms with Crippen molar-refractivity contribution in [1.82, 2.24) is 19.1 Å². The van der Waals surface area contributed by atoms with Gasteiger partial charge in [0, 0.05) is 77.4 Å². The lowest BCUT2D eigenvalue weighted by molar-refractivity contribution is -0.0635. The molecule has 14 heteroatoms. The Morgan fingerprint density at radius 2 is 1.35 bits per heavy atom. The van der Waals surface area contributed by atoms with Crippen molar-refractivity contribution in [1.29, 1.82) is 0 Å². The summed E-state index contributed by atoms with van der Waals surface area (Å²) in [5.74, 6) is 1.18. The van der Waals surface area contributed by atoms with E-state index in [1.807, 2.05) is 34.6 Å². The second-order valence-electron chi connectivity index (χ2n) is 11.5. The van der Waals surface area contributed by atoms with Gasteiger partial charge in [0.25, 0.3) is 0 Å². The normalized spacial score (nSPS) is 27.9. The van der Waals surface area contributed by atoms with Crippen LogP contribution in [-0.2, 0) is 28.4 Å². The Labute approximate surface area is 253 Å². The zero-order valence-electron chi connectivity index (χ0n) is 27.2. The fraction of sp³-hybridized carbons (Fsp3) is 0.724. The average Bonchev–Trinajstić information content (AvgIpc) is 3.42. The first-order valence-corrected chi connectivity index (χ1v) is 14.3. The maximum atomic E-state index is 12.3. The quantitative estimate of drug-likeness (QED) is 0.406. The van der Waals surface area contributed by atoms with Gasteiger partial charge in [-0.15, -0.1) is 0 Å².